The van der Waals surface area contributed by atoms with Crippen LogP contribution < -0.4 is 15.4 Å². The van der Waals surface area contributed by atoms with Gasteiger partial charge in [-0.2, -0.15) is 0 Å². The summed E-state index contributed by atoms with van der Waals surface area (Å²) in [6.07, 6.45) is 3.85. The fourth-order valence-electron chi connectivity index (χ4n) is 2.93. The molecule has 0 aliphatic heterocycles. The molecular formula is C17H26N2OS. The lowest BCUT2D eigenvalue weighted by molar-refractivity contribution is 0.224. The maximum atomic E-state index is 5.43. The van der Waals surface area contributed by atoms with Gasteiger partial charge in [0.05, 0.1) is 7.11 Å². The van der Waals surface area contributed by atoms with Crippen molar-refractivity contribution in [1.29, 1.82) is 0 Å². The Labute approximate surface area is 133 Å². The summed E-state index contributed by atoms with van der Waals surface area (Å²) in [6, 6.07) is 8.56. The molecule has 0 radical (unpaired) electrons. The Balaban J connectivity index is 1.78. The molecule has 2 rings (SSSR count). The summed E-state index contributed by atoms with van der Waals surface area (Å²) in [5.41, 5.74) is 1.20. The smallest absolute Gasteiger partial charge is 0.166 e. The van der Waals surface area contributed by atoms with Crippen LogP contribution in [0.15, 0.2) is 24.3 Å². The van der Waals surface area contributed by atoms with Crippen LogP contribution in [0, 0.1) is 11.8 Å². The molecule has 3 unspecified atom stereocenters. The van der Waals surface area contributed by atoms with E-state index < -0.39 is 0 Å². The van der Waals surface area contributed by atoms with Crippen LogP contribution in [0.5, 0.6) is 5.75 Å². The van der Waals surface area contributed by atoms with Gasteiger partial charge in [0, 0.05) is 12.6 Å². The molecule has 0 spiro atoms. The lowest BCUT2D eigenvalue weighted by Crippen LogP contribution is -2.47. The van der Waals surface area contributed by atoms with Crippen molar-refractivity contribution in [3.8, 4) is 5.75 Å². The molecule has 1 aromatic rings. The third-order valence-electron chi connectivity index (χ3n) is 4.64. The zero-order valence-corrected chi connectivity index (χ0v) is 14.0. The summed E-state index contributed by atoms with van der Waals surface area (Å²) >= 11 is 5.43. The monoisotopic (exact) mass is 306 g/mol. The highest BCUT2D eigenvalue weighted by atomic mass is 32.1. The lowest BCUT2D eigenvalue weighted by atomic mass is 9.78. The molecule has 1 aliphatic carbocycles. The SMILES string of the molecule is COc1ccc(CNC(=S)NC2CCCC(C)C2C)cc1. The van der Waals surface area contributed by atoms with Gasteiger partial charge in [-0.05, 0) is 48.2 Å². The van der Waals surface area contributed by atoms with Crippen LogP contribution in [0.2, 0.25) is 0 Å². The van der Waals surface area contributed by atoms with Crippen molar-refractivity contribution in [3.63, 3.8) is 0 Å². The van der Waals surface area contributed by atoms with Crippen LogP contribution >= 0.6 is 12.2 Å². The number of benzene rings is 1. The van der Waals surface area contributed by atoms with Gasteiger partial charge in [0.25, 0.3) is 0 Å². The fraction of sp³-hybridized carbons (Fsp3) is 0.588. The Morgan fingerprint density at radius 1 is 1.24 bits per heavy atom. The van der Waals surface area contributed by atoms with E-state index >= 15 is 0 Å². The average Bonchev–Trinajstić information content (AvgIpc) is 2.50. The number of hydrogen-bond acceptors (Lipinski definition) is 2. The van der Waals surface area contributed by atoms with Gasteiger partial charge in [-0.25, -0.2) is 0 Å². The summed E-state index contributed by atoms with van der Waals surface area (Å²) in [5, 5.41) is 7.55. The standard InChI is InChI=1S/C17H26N2OS/c1-12-5-4-6-16(13(12)2)19-17(21)18-11-14-7-9-15(20-3)10-8-14/h7-10,12-13,16H,4-6,11H2,1-3H3,(H2,18,19,21). The molecule has 116 valence electrons. The van der Waals surface area contributed by atoms with E-state index in [0.717, 1.165) is 23.3 Å². The second-order valence-electron chi connectivity index (χ2n) is 6.05. The van der Waals surface area contributed by atoms with E-state index in [2.05, 4.69) is 36.6 Å². The molecule has 1 aromatic carbocycles. The number of ether oxygens (including phenoxy) is 1. The van der Waals surface area contributed by atoms with Gasteiger partial charge in [-0.3, -0.25) is 0 Å². The minimum Gasteiger partial charge on any atom is -0.497 e. The molecule has 21 heavy (non-hydrogen) atoms. The zero-order chi connectivity index (χ0) is 15.2. The molecule has 0 amide bonds. The Morgan fingerprint density at radius 2 is 1.95 bits per heavy atom. The fourth-order valence-corrected chi connectivity index (χ4v) is 3.15. The van der Waals surface area contributed by atoms with Crippen LogP contribution in [0.25, 0.3) is 0 Å². The molecule has 0 bridgehead atoms. The second kappa shape index (κ2) is 7.64. The first-order chi connectivity index (χ1) is 10.1. The molecule has 4 heteroatoms. The van der Waals surface area contributed by atoms with Gasteiger partial charge in [0.1, 0.15) is 5.75 Å². The van der Waals surface area contributed by atoms with Crippen molar-refractivity contribution in [2.24, 2.45) is 11.8 Å². The van der Waals surface area contributed by atoms with E-state index in [1.807, 2.05) is 12.1 Å². The van der Waals surface area contributed by atoms with E-state index in [4.69, 9.17) is 17.0 Å². The van der Waals surface area contributed by atoms with E-state index in [9.17, 15) is 0 Å². The molecule has 1 fully saturated rings. The molecule has 3 atom stereocenters. The number of rotatable bonds is 4. The van der Waals surface area contributed by atoms with Gasteiger partial charge in [-0.15, -0.1) is 0 Å². The molecule has 0 aromatic heterocycles. The molecule has 3 nitrogen and oxygen atoms in total. The van der Waals surface area contributed by atoms with Gasteiger partial charge >= 0.3 is 0 Å². The summed E-state index contributed by atoms with van der Waals surface area (Å²) in [6.45, 7) is 5.41. The minimum atomic E-state index is 0.504. The first-order valence-corrected chi connectivity index (χ1v) is 8.18. The predicted molar refractivity (Wildman–Crippen MR) is 91.5 cm³/mol. The number of methoxy groups -OCH3 is 1. The molecule has 0 heterocycles. The van der Waals surface area contributed by atoms with Gasteiger partial charge in [0.15, 0.2) is 5.11 Å². The van der Waals surface area contributed by atoms with Crippen molar-refractivity contribution in [2.75, 3.05) is 7.11 Å². The highest BCUT2D eigenvalue weighted by Crippen LogP contribution is 2.29. The normalized spacial score (nSPS) is 25.2. The first-order valence-electron chi connectivity index (χ1n) is 7.77. The first kappa shape index (κ1) is 16.1. The Hall–Kier alpha value is -1.29. The topological polar surface area (TPSA) is 33.3 Å². The largest absolute Gasteiger partial charge is 0.497 e. The molecular weight excluding hydrogens is 280 g/mol. The number of nitrogens with one attached hydrogen (secondary N) is 2. The second-order valence-corrected chi connectivity index (χ2v) is 6.46. The summed E-state index contributed by atoms with van der Waals surface area (Å²) < 4.78 is 5.16. The highest BCUT2D eigenvalue weighted by molar-refractivity contribution is 7.80. The lowest BCUT2D eigenvalue weighted by Gasteiger charge is -2.35. The van der Waals surface area contributed by atoms with Gasteiger partial charge < -0.3 is 15.4 Å². The quantitative estimate of drug-likeness (QED) is 0.834. The van der Waals surface area contributed by atoms with E-state index in [0.29, 0.717) is 12.0 Å². The van der Waals surface area contributed by atoms with Crippen molar-refractivity contribution < 1.29 is 4.74 Å². The van der Waals surface area contributed by atoms with Crippen molar-refractivity contribution in [3.05, 3.63) is 29.8 Å². The third-order valence-corrected chi connectivity index (χ3v) is 4.90. The molecule has 2 N–H and O–H groups in total. The minimum absolute atomic E-state index is 0.504. The van der Waals surface area contributed by atoms with Crippen LogP contribution in [0.1, 0.15) is 38.7 Å². The average molecular weight is 306 g/mol. The van der Waals surface area contributed by atoms with Crippen molar-refractivity contribution in [2.45, 2.75) is 45.7 Å². The van der Waals surface area contributed by atoms with Gasteiger partial charge in [0.2, 0.25) is 0 Å². The van der Waals surface area contributed by atoms with Gasteiger partial charge in [-0.1, -0.05) is 38.8 Å². The van der Waals surface area contributed by atoms with E-state index in [-0.39, 0.29) is 0 Å². The van der Waals surface area contributed by atoms with Crippen LogP contribution in [0.4, 0.5) is 0 Å². The van der Waals surface area contributed by atoms with E-state index in [1.54, 1.807) is 7.11 Å². The van der Waals surface area contributed by atoms with Crippen LogP contribution in [0.3, 0.4) is 0 Å². The van der Waals surface area contributed by atoms with Crippen LogP contribution in [-0.2, 0) is 6.54 Å². The van der Waals surface area contributed by atoms with Crippen molar-refractivity contribution >= 4 is 17.3 Å². The Kier molecular flexibility index (Phi) is 5.85. The zero-order valence-electron chi connectivity index (χ0n) is 13.2. The summed E-state index contributed by atoms with van der Waals surface area (Å²) in [7, 11) is 1.68. The van der Waals surface area contributed by atoms with E-state index in [1.165, 1.54) is 24.8 Å². The third kappa shape index (κ3) is 4.60. The van der Waals surface area contributed by atoms with Crippen molar-refractivity contribution in [1.82, 2.24) is 10.6 Å². The molecule has 0 saturated heterocycles. The highest BCUT2D eigenvalue weighted by Gasteiger charge is 2.27. The maximum absolute atomic E-state index is 5.43. The Morgan fingerprint density at radius 3 is 2.62 bits per heavy atom. The summed E-state index contributed by atoms with van der Waals surface area (Å²) in [5.74, 6) is 2.34. The molecule has 1 saturated carbocycles. The predicted octanol–water partition coefficient (Wildman–Crippen LogP) is 3.48. The Bertz CT molecular complexity index is 460. The molecule has 1 aliphatic rings. The summed E-state index contributed by atoms with van der Waals surface area (Å²) in [4.78, 5) is 0. The maximum Gasteiger partial charge on any atom is 0.166 e. The number of hydrogen-bond donors (Lipinski definition) is 2. The van der Waals surface area contributed by atoms with Crippen LogP contribution in [-0.4, -0.2) is 18.3 Å². The number of thiocarbonyl (C=S) groups is 1.